The highest BCUT2D eigenvalue weighted by molar-refractivity contribution is 7.89. The average molecular weight is 302 g/mol. The van der Waals surface area contributed by atoms with Gasteiger partial charge in [-0.15, -0.1) is 0 Å². The first kappa shape index (κ1) is 14.8. The lowest BCUT2D eigenvalue weighted by molar-refractivity contribution is 0.597. The van der Waals surface area contributed by atoms with Gasteiger partial charge in [0, 0.05) is 17.1 Å². The third kappa shape index (κ3) is 3.31. The van der Waals surface area contributed by atoms with E-state index >= 15 is 0 Å². The Hall–Kier alpha value is -2.56. The predicted molar refractivity (Wildman–Crippen MR) is 81.4 cm³/mol. The molecule has 0 aliphatic carbocycles. The lowest BCUT2D eigenvalue weighted by Gasteiger charge is -2.13. The molecule has 0 saturated heterocycles. The molecule has 7 heteroatoms. The maximum absolute atomic E-state index is 11.6. The Labute approximate surface area is 123 Å². The van der Waals surface area contributed by atoms with Crippen molar-refractivity contribution in [1.82, 2.24) is 0 Å². The second-order valence-electron chi connectivity index (χ2n) is 4.55. The van der Waals surface area contributed by atoms with Crippen molar-refractivity contribution >= 4 is 27.1 Å². The summed E-state index contributed by atoms with van der Waals surface area (Å²) in [6.45, 7) is 1.64. The number of anilines is 3. The van der Waals surface area contributed by atoms with Crippen LogP contribution in [0.15, 0.2) is 41.3 Å². The van der Waals surface area contributed by atoms with Crippen molar-refractivity contribution in [3.05, 3.63) is 47.5 Å². The molecular formula is C14H14N4O2S. The van der Waals surface area contributed by atoms with Crippen LogP contribution in [0.3, 0.4) is 0 Å². The second-order valence-corrected chi connectivity index (χ2v) is 6.08. The molecule has 0 aromatic heterocycles. The predicted octanol–water partition coefficient (Wildman–Crippen LogP) is 1.84. The minimum absolute atomic E-state index is 0.0151. The minimum Gasteiger partial charge on any atom is -0.399 e. The normalized spacial score (nSPS) is 10.9. The van der Waals surface area contributed by atoms with Crippen LogP contribution in [-0.2, 0) is 10.0 Å². The molecule has 0 radical (unpaired) electrons. The van der Waals surface area contributed by atoms with Crippen LogP contribution in [0.2, 0.25) is 0 Å². The van der Waals surface area contributed by atoms with Crippen LogP contribution in [0, 0.1) is 18.3 Å². The van der Waals surface area contributed by atoms with E-state index in [4.69, 9.17) is 16.1 Å². The molecule has 108 valence electrons. The fourth-order valence-corrected chi connectivity index (χ4v) is 2.75. The maximum atomic E-state index is 11.6. The topological polar surface area (TPSA) is 122 Å². The van der Waals surface area contributed by atoms with Crippen molar-refractivity contribution in [3.8, 4) is 6.07 Å². The average Bonchev–Trinajstić information content (AvgIpc) is 2.42. The molecule has 0 spiro atoms. The van der Waals surface area contributed by atoms with Gasteiger partial charge in [-0.3, -0.25) is 0 Å². The van der Waals surface area contributed by atoms with E-state index in [2.05, 4.69) is 5.32 Å². The van der Waals surface area contributed by atoms with E-state index in [-0.39, 0.29) is 4.90 Å². The standard InChI is InChI=1S/C14H14N4O2S/c1-9-13(6-11(16)7-14(9)21(17,19)20)18-12-4-2-10(8-15)3-5-12/h2-7,18H,16H2,1H3,(H2,17,19,20). The first-order valence-electron chi connectivity index (χ1n) is 6.01. The van der Waals surface area contributed by atoms with Gasteiger partial charge in [-0.05, 0) is 48.9 Å². The van der Waals surface area contributed by atoms with Gasteiger partial charge in [-0.1, -0.05) is 0 Å². The number of nitrogens with two attached hydrogens (primary N) is 2. The monoisotopic (exact) mass is 302 g/mol. The number of nitrogen functional groups attached to an aromatic ring is 1. The second kappa shape index (κ2) is 5.44. The van der Waals surface area contributed by atoms with Crippen LogP contribution in [0.25, 0.3) is 0 Å². The van der Waals surface area contributed by atoms with Crippen LogP contribution < -0.4 is 16.2 Å². The molecule has 0 atom stereocenters. The van der Waals surface area contributed by atoms with Gasteiger partial charge in [0.15, 0.2) is 0 Å². The Kier molecular flexibility index (Phi) is 3.84. The Morgan fingerprint density at radius 1 is 1.19 bits per heavy atom. The number of nitriles is 1. The smallest absolute Gasteiger partial charge is 0.238 e. The zero-order valence-electron chi connectivity index (χ0n) is 11.3. The number of nitrogens with one attached hydrogen (secondary N) is 1. The van der Waals surface area contributed by atoms with Crippen molar-refractivity contribution in [2.24, 2.45) is 5.14 Å². The fraction of sp³-hybridized carbons (Fsp3) is 0.0714. The Balaban J connectivity index is 2.45. The number of benzene rings is 2. The number of primary sulfonamides is 1. The van der Waals surface area contributed by atoms with E-state index in [1.54, 1.807) is 37.3 Å². The molecule has 0 heterocycles. The molecule has 2 aromatic carbocycles. The Bertz CT molecular complexity index is 821. The van der Waals surface area contributed by atoms with Gasteiger partial charge in [0.1, 0.15) is 0 Å². The zero-order chi connectivity index (χ0) is 15.6. The highest BCUT2D eigenvalue weighted by atomic mass is 32.2. The summed E-state index contributed by atoms with van der Waals surface area (Å²) in [5, 5.41) is 17.0. The highest BCUT2D eigenvalue weighted by Crippen LogP contribution is 2.28. The van der Waals surface area contributed by atoms with Gasteiger partial charge in [-0.25, -0.2) is 13.6 Å². The number of nitrogens with zero attached hydrogens (tertiary/aromatic N) is 1. The van der Waals surface area contributed by atoms with E-state index < -0.39 is 10.0 Å². The van der Waals surface area contributed by atoms with Crippen molar-refractivity contribution in [2.75, 3.05) is 11.1 Å². The lowest BCUT2D eigenvalue weighted by atomic mass is 10.1. The van der Waals surface area contributed by atoms with Crippen LogP contribution in [0.4, 0.5) is 17.1 Å². The van der Waals surface area contributed by atoms with Crippen LogP contribution in [0.1, 0.15) is 11.1 Å². The molecule has 0 amide bonds. The first-order chi connectivity index (χ1) is 9.81. The van der Waals surface area contributed by atoms with Crippen molar-refractivity contribution in [1.29, 1.82) is 5.26 Å². The van der Waals surface area contributed by atoms with Gasteiger partial charge >= 0.3 is 0 Å². The van der Waals surface area contributed by atoms with Gasteiger partial charge in [0.25, 0.3) is 0 Å². The van der Waals surface area contributed by atoms with Crippen molar-refractivity contribution in [3.63, 3.8) is 0 Å². The minimum atomic E-state index is -3.84. The van der Waals surface area contributed by atoms with Crippen molar-refractivity contribution < 1.29 is 8.42 Å². The molecule has 21 heavy (non-hydrogen) atoms. The molecule has 5 N–H and O–H groups in total. The summed E-state index contributed by atoms with van der Waals surface area (Å²) in [7, 11) is -3.84. The van der Waals surface area contributed by atoms with E-state index in [9.17, 15) is 8.42 Å². The molecule has 0 unspecified atom stereocenters. The third-order valence-electron chi connectivity index (χ3n) is 2.98. The molecule has 0 aliphatic heterocycles. The SMILES string of the molecule is Cc1c(Nc2ccc(C#N)cc2)cc(N)cc1S(N)(=O)=O. The molecule has 2 aromatic rings. The molecule has 0 aliphatic rings. The van der Waals surface area contributed by atoms with Gasteiger partial charge in [0.05, 0.1) is 16.5 Å². The van der Waals surface area contributed by atoms with E-state index in [1.165, 1.54) is 6.07 Å². The summed E-state index contributed by atoms with van der Waals surface area (Å²) in [6.07, 6.45) is 0. The molecule has 0 saturated carbocycles. The maximum Gasteiger partial charge on any atom is 0.238 e. The summed E-state index contributed by atoms with van der Waals surface area (Å²) in [6, 6.07) is 11.7. The largest absolute Gasteiger partial charge is 0.399 e. The van der Waals surface area contributed by atoms with Crippen LogP contribution >= 0.6 is 0 Å². The Morgan fingerprint density at radius 2 is 1.81 bits per heavy atom. The van der Waals surface area contributed by atoms with Gasteiger partial charge in [0.2, 0.25) is 10.0 Å². The molecule has 2 rings (SSSR count). The van der Waals surface area contributed by atoms with Gasteiger partial charge in [-0.2, -0.15) is 5.26 Å². The fourth-order valence-electron chi connectivity index (χ4n) is 1.92. The van der Waals surface area contributed by atoms with Crippen molar-refractivity contribution in [2.45, 2.75) is 11.8 Å². The lowest BCUT2D eigenvalue weighted by Crippen LogP contribution is -2.15. The molecule has 0 bridgehead atoms. The number of hydrogen-bond acceptors (Lipinski definition) is 5. The summed E-state index contributed by atoms with van der Waals surface area (Å²) >= 11 is 0. The summed E-state index contributed by atoms with van der Waals surface area (Å²) in [5.41, 5.74) is 8.29. The number of sulfonamides is 1. The molecule has 6 nitrogen and oxygen atoms in total. The summed E-state index contributed by atoms with van der Waals surface area (Å²) in [4.78, 5) is -0.0151. The third-order valence-corrected chi connectivity index (χ3v) is 4.02. The highest BCUT2D eigenvalue weighted by Gasteiger charge is 2.15. The van der Waals surface area contributed by atoms with Crippen LogP contribution in [0.5, 0.6) is 0 Å². The summed E-state index contributed by atoms with van der Waals surface area (Å²) < 4.78 is 23.1. The summed E-state index contributed by atoms with van der Waals surface area (Å²) in [5.74, 6) is 0. The molecule has 0 fully saturated rings. The van der Waals surface area contributed by atoms with Crippen LogP contribution in [-0.4, -0.2) is 8.42 Å². The quantitative estimate of drug-likeness (QED) is 0.747. The zero-order valence-corrected chi connectivity index (χ0v) is 12.1. The molecular weight excluding hydrogens is 288 g/mol. The van der Waals surface area contributed by atoms with Gasteiger partial charge < -0.3 is 11.1 Å². The van der Waals surface area contributed by atoms with E-state index in [0.717, 1.165) is 0 Å². The van der Waals surface area contributed by atoms with E-state index in [0.29, 0.717) is 28.2 Å². The first-order valence-corrected chi connectivity index (χ1v) is 7.56. The number of hydrogen-bond donors (Lipinski definition) is 3. The van der Waals surface area contributed by atoms with E-state index in [1.807, 2.05) is 6.07 Å². The number of rotatable bonds is 3. The Morgan fingerprint density at radius 3 is 2.33 bits per heavy atom.